The molecule has 2 saturated carbocycles. The van der Waals surface area contributed by atoms with Crippen LogP contribution < -0.4 is 10.2 Å². The van der Waals surface area contributed by atoms with Crippen molar-refractivity contribution in [2.24, 2.45) is 5.41 Å². The number of ether oxygens (including phenoxy) is 1. The summed E-state index contributed by atoms with van der Waals surface area (Å²) in [6, 6.07) is 4.06. The molecule has 2 aliphatic carbocycles. The zero-order valence-electron chi connectivity index (χ0n) is 14.2. The number of nitrogens with zero attached hydrogens (tertiary/aromatic N) is 3. The van der Waals surface area contributed by atoms with Gasteiger partial charge in [-0.15, -0.1) is 10.2 Å². The average molecular weight is 318 g/mol. The van der Waals surface area contributed by atoms with E-state index in [-0.39, 0.29) is 11.3 Å². The van der Waals surface area contributed by atoms with Crippen molar-refractivity contribution in [2.45, 2.75) is 51.2 Å². The number of rotatable bonds is 5. The maximum atomic E-state index is 11.6. The molecule has 0 bridgehead atoms. The van der Waals surface area contributed by atoms with Gasteiger partial charge < -0.3 is 15.0 Å². The third-order valence-corrected chi connectivity index (χ3v) is 5.58. The molecule has 0 aromatic carbocycles. The number of aromatic nitrogens is 2. The van der Waals surface area contributed by atoms with Gasteiger partial charge in [-0.2, -0.15) is 0 Å². The molecule has 1 amide bonds. The molecule has 6 nitrogen and oxygen atoms in total. The van der Waals surface area contributed by atoms with E-state index in [9.17, 15) is 4.79 Å². The molecule has 1 aromatic rings. The summed E-state index contributed by atoms with van der Waals surface area (Å²) in [7, 11) is 3.67. The van der Waals surface area contributed by atoms with Crippen LogP contribution in [0.1, 0.15) is 49.5 Å². The number of hydrogen-bond acceptors (Lipinski definition) is 5. The van der Waals surface area contributed by atoms with Crippen LogP contribution in [-0.2, 0) is 4.74 Å². The molecule has 2 atom stereocenters. The Labute approximate surface area is 137 Å². The molecule has 0 aliphatic heterocycles. The molecular weight excluding hydrogens is 292 g/mol. The number of nitrogens with one attached hydrogen (secondary N) is 1. The number of carbonyl (C=O) groups excluding carboxylic acids is 1. The molecule has 1 spiro atoms. The Kier molecular flexibility index (Phi) is 4.53. The molecule has 126 valence electrons. The fourth-order valence-electron chi connectivity index (χ4n) is 4.32. The number of carbonyl (C=O) groups is 1. The first-order valence-electron chi connectivity index (χ1n) is 8.52. The largest absolute Gasteiger partial charge is 0.378 e. The Morgan fingerprint density at radius 2 is 2.13 bits per heavy atom. The SMILES string of the molecule is CCOC1CC(N(C)c2ccc(C(=O)NC)nn2)C12CCCC2. The van der Waals surface area contributed by atoms with Crippen molar-refractivity contribution in [3.63, 3.8) is 0 Å². The first kappa shape index (κ1) is 16.2. The van der Waals surface area contributed by atoms with E-state index in [0.29, 0.717) is 17.8 Å². The Morgan fingerprint density at radius 3 is 2.70 bits per heavy atom. The summed E-state index contributed by atoms with van der Waals surface area (Å²) in [5.41, 5.74) is 0.618. The smallest absolute Gasteiger partial charge is 0.271 e. The first-order chi connectivity index (χ1) is 11.1. The van der Waals surface area contributed by atoms with Gasteiger partial charge in [-0.05, 0) is 38.3 Å². The van der Waals surface area contributed by atoms with Crippen LogP contribution in [0.2, 0.25) is 0 Å². The molecule has 2 aliphatic rings. The van der Waals surface area contributed by atoms with Gasteiger partial charge in [0, 0.05) is 32.2 Å². The van der Waals surface area contributed by atoms with Gasteiger partial charge in [-0.3, -0.25) is 4.79 Å². The summed E-state index contributed by atoms with van der Waals surface area (Å²) < 4.78 is 5.98. The third-order valence-electron chi connectivity index (χ3n) is 5.58. The lowest BCUT2D eigenvalue weighted by molar-refractivity contribution is -0.121. The fraction of sp³-hybridized carbons (Fsp3) is 0.706. The molecule has 0 radical (unpaired) electrons. The maximum Gasteiger partial charge on any atom is 0.271 e. The van der Waals surface area contributed by atoms with E-state index in [1.165, 1.54) is 25.7 Å². The van der Waals surface area contributed by atoms with Gasteiger partial charge in [0.2, 0.25) is 0 Å². The van der Waals surface area contributed by atoms with E-state index in [0.717, 1.165) is 18.8 Å². The lowest BCUT2D eigenvalue weighted by Gasteiger charge is -2.57. The summed E-state index contributed by atoms with van der Waals surface area (Å²) in [6.45, 7) is 2.85. The highest BCUT2D eigenvalue weighted by atomic mass is 16.5. The predicted molar refractivity (Wildman–Crippen MR) is 88.5 cm³/mol. The molecule has 6 heteroatoms. The van der Waals surface area contributed by atoms with Gasteiger partial charge >= 0.3 is 0 Å². The molecule has 23 heavy (non-hydrogen) atoms. The Morgan fingerprint density at radius 1 is 1.39 bits per heavy atom. The van der Waals surface area contributed by atoms with Crippen molar-refractivity contribution in [3.8, 4) is 0 Å². The van der Waals surface area contributed by atoms with Crippen molar-refractivity contribution in [1.82, 2.24) is 15.5 Å². The van der Waals surface area contributed by atoms with Crippen LogP contribution in [0.4, 0.5) is 5.82 Å². The molecule has 2 fully saturated rings. The normalized spacial score (nSPS) is 25.2. The molecule has 3 rings (SSSR count). The van der Waals surface area contributed by atoms with Crippen LogP contribution in [-0.4, -0.2) is 49.0 Å². The first-order valence-corrected chi connectivity index (χ1v) is 8.52. The minimum absolute atomic E-state index is 0.209. The van der Waals surface area contributed by atoms with Crippen LogP contribution in [0.3, 0.4) is 0 Å². The van der Waals surface area contributed by atoms with Crippen molar-refractivity contribution in [3.05, 3.63) is 17.8 Å². The van der Waals surface area contributed by atoms with Crippen molar-refractivity contribution < 1.29 is 9.53 Å². The van der Waals surface area contributed by atoms with Crippen LogP contribution >= 0.6 is 0 Å². The fourth-order valence-corrected chi connectivity index (χ4v) is 4.32. The van der Waals surface area contributed by atoms with E-state index >= 15 is 0 Å². The topological polar surface area (TPSA) is 67.3 Å². The second-order valence-electron chi connectivity index (χ2n) is 6.60. The van der Waals surface area contributed by atoms with E-state index in [2.05, 4.69) is 34.4 Å². The molecular formula is C17H26N4O2. The molecule has 1 N–H and O–H groups in total. The quantitative estimate of drug-likeness (QED) is 0.899. The van der Waals surface area contributed by atoms with Crippen LogP contribution in [0.5, 0.6) is 0 Å². The second kappa shape index (κ2) is 6.43. The minimum Gasteiger partial charge on any atom is -0.378 e. The van der Waals surface area contributed by atoms with E-state index in [4.69, 9.17) is 4.74 Å². The summed E-state index contributed by atoms with van der Waals surface area (Å²) in [5.74, 6) is 0.614. The maximum absolute atomic E-state index is 11.6. The Hall–Kier alpha value is -1.69. The molecule has 1 aromatic heterocycles. The van der Waals surface area contributed by atoms with E-state index in [1.807, 2.05) is 6.07 Å². The van der Waals surface area contributed by atoms with Gasteiger partial charge in [-0.1, -0.05) is 12.8 Å². The van der Waals surface area contributed by atoms with Crippen LogP contribution in [0.25, 0.3) is 0 Å². The van der Waals surface area contributed by atoms with Gasteiger partial charge in [-0.25, -0.2) is 0 Å². The van der Waals surface area contributed by atoms with E-state index in [1.54, 1.807) is 13.1 Å². The highest BCUT2D eigenvalue weighted by Gasteiger charge is 2.58. The third kappa shape index (κ3) is 2.69. The molecule has 2 unspecified atom stereocenters. The van der Waals surface area contributed by atoms with Gasteiger partial charge in [0.25, 0.3) is 5.91 Å². The zero-order valence-corrected chi connectivity index (χ0v) is 14.2. The Bertz CT molecular complexity index is 554. The highest BCUT2D eigenvalue weighted by Crippen LogP contribution is 2.56. The minimum atomic E-state index is -0.209. The predicted octanol–water partition coefficient (Wildman–Crippen LogP) is 2.01. The highest BCUT2D eigenvalue weighted by molar-refractivity contribution is 5.91. The number of hydrogen-bond donors (Lipinski definition) is 1. The molecule has 1 heterocycles. The lowest BCUT2D eigenvalue weighted by atomic mass is 9.60. The van der Waals surface area contributed by atoms with Crippen molar-refractivity contribution in [1.29, 1.82) is 0 Å². The molecule has 0 saturated heterocycles. The van der Waals surface area contributed by atoms with Crippen LogP contribution in [0.15, 0.2) is 12.1 Å². The number of amides is 1. The van der Waals surface area contributed by atoms with Crippen LogP contribution in [0, 0.1) is 5.41 Å². The van der Waals surface area contributed by atoms with E-state index < -0.39 is 0 Å². The summed E-state index contributed by atoms with van der Waals surface area (Å²) in [6.07, 6.45) is 6.46. The summed E-state index contributed by atoms with van der Waals surface area (Å²) >= 11 is 0. The van der Waals surface area contributed by atoms with Gasteiger partial charge in [0.05, 0.1) is 6.10 Å². The zero-order chi connectivity index (χ0) is 16.4. The summed E-state index contributed by atoms with van der Waals surface area (Å²) in [4.78, 5) is 13.8. The van der Waals surface area contributed by atoms with Gasteiger partial charge in [0.1, 0.15) is 0 Å². The second-order valence-corrected chi connectivity index (χ2v) is 6.60. The van der Waals surface area contributed by atoms with Crippen molar-refractivity contribution >= 4 is 11.7 Å². The Balaban J connectivity index is 1.75. The van der Waals surface area contributed by atoms with Gasteiger partial charge in [0.15, 0.2) is 11.5 Å². The monoisotopic (exact) mass is 318 g/mol. The average Bonchev–Trinajstić information content (AvgIpc) is 3.10. The van der Waals surface area contributed by atoms with Crippen molar-refractivity contribution in [2.75, 3.05) is 25.6 Å². The standard InChI is InChI=1S/C17H26N4O2/c1-4-23-14-11-13(17(14)9-5-6-10-17)21(3)15-8-7-12(19-20-15)16(22)18-2/h7-8,13-14H,4-6,9-11H2,1-3H3,(H,18,22). The lowest BCUT2D eigenvalue weighted by Crippen LogP contribution is -2.63. The number of anilines is 1. The summed E-state index contributed by atoms with van der Waals surface area (Å²) in [5, 5.41) is 10.9.